The third-order valence-electron chi connectivity index (χ3n) is 3.57. The lowest BCUT2D eigenvalue weighted by Gasteiger charge is -2.15. The summed E-state index contributed by atoms with van der Waals surface area (Å²) in [6, 6.07) is 9.81. The molecule has 1 amide bonds. The van der Waals surface area contributed by atoms with Crippen molar-refractivity contribution in [2.75, 3.05) is 43.3 Å². The van der Waals surface area contributed by atoms with Crippen molar-refractivity contribution in [3.05, 3.63) is 59.7 Å². The first-order chi connectivity index (χ1) is 11.8. The summed E-state index contributed by atoms with van der Waals surface area (Å²) in [6.45, 7) is 0. The van der Waals surface area contributed by atoms with Crippen molar-refractivity contribution in [2.45, 2.75) is 0 Å². The summed E-state index contributed by atoms with van der Waals surface area (Å²) in [4.78, 5) is 15.3. The van der Waals surface area contributed by atoms with E-state index < -0.39 is 17.5 Å². The molecule has 0 atom stereocenters. The first kappa shape index (κ1) is 18.4. The van der Waals surface area contributed by atoms with E-state index in [1.165, 1.54) is 11.0 Å². The number of amides is 1. The van der Waals surface area contributed by atoms with Gasteiger partial charge in [-0.1, -0.05) is 12.1 Å². The van der Waals surface area contributed by atoms with Crippen molar-refractivity contribution in [2.24, 2.45) is 0 Å². The predicted octanol–water partition coefficient (Wildman–Crippen LogP) is 3.75. The van der Waals surface area contributed by atoms with Gasteiger partial charge in [-0.15, -0.1) is 0 Å². The molecule has 6 heteroatoms. The Morgan fingerprint density at radius 2 is 1.52 bits per heavy atom. The summed E-state index contributed by atoms with van der Waals surface area (Å²) >= 11 is 0. The Balaban J connectivity index is 2.07. The van der Waals surface area contributed by atoms with Crippen LogP contribution in [0.2, 0.25) is 0 Å². The van der Waals surface area contributed by atoms with Crippen molar-refractivity contribution in [3.63, 3.8) is 0 Å². The molecule has 0 bridgehead atoms. The molecule has 0 aromatic heterocycles. The third kappa shape index (κ3) is 4.79. The summed E-state index contributed by atoms with van der Waals surface area (Å²) in [5.41, 5.74) is 1.82. The van der Waals surface area contributed by atoms with Gasteiger partial charge >= 0.3 is 0 Å². The third-order valence-corrected chi connectivity index (χ3v) is 3.57. The lowest BCUT2D eigenvalue weighted by molar-refractivity contribution is -0.111. The number of hydrogen-bond acceptors (Lipinski definition) is 3. The van der Waals surface area contributed by atoms with Crippen LogP contribution in [0.25, 0.3) is 6.08 Å². The second-order valence-electron chi connectivity index (χ2n) is 5.99. The van der Waals surface area contributed by atoms with Gasteiger partial charge in [-0.3, -0.25) is 4.79 Å². The molecule has 0 saturated heterocycles. The molecule has 2 rings (SSSR count). The summed E-state index contributed by atoms with van der Waals surface area (Å²) < 4.78 is 27.8. The van der Waals surface area contributed by atoms with E-state index in [1.807, 2.05) is 43.3 Å². The molecular formula is C19H21F2N3O. The molecule has 0 aliphatic carbocycles. The van der Waals surface area contributed by atoms with Crippen LogP contribution in [0.3, 0.4) is 0 Å². The summed E-state index contributed by atoms with van der Waals surface area (Å²) in [6.07, 6.45) is 2.95. The van der Waals surface area contributed by atoms with Gasteiger partial charge in [-0.05, 0) is 35.9 Å². The molecule has 4 nitrogen and oxygen atoms in total. The van der Waals surface area contributed by atoms with E-state index in [0.717, 1.165) is 23.4 Å². The fourth-order valence-electron chi connectivity index (χ4n) is 2.30. The summed E-state index contributed by atoms with van der Waals surface area (Å²) in [5.74, 6) is -1.93. The summed E-state index contributed by atoms with van der Waals surface area (Å²) in [5, 5.41) is 2.46. The standard InChI is InChI=1S/C19H21F2N3O/c1-23(2)15-8-5-13(6-9-15)7-10-18(25)22-14-11-16(20)19(24(3)4)17(21)12-14/h5-12H,1-4H3,(H,22,25). The Morgan fingerprint density at radius 3 is 2.00 bits per heavy atom. The second-order valence-corrected chi connectivity index (χ2v) is 5.99. The zero-order valence-corrected chi connectivity index (χ0v) is 14.7. The molecule has 132 valence electrons. The van der Waals surface area contributed by atoms with E-state index in [1.54, 1.807) is 20.2 Å². The maximum Gasteiger partial charge on any atom is 0.248 e. The second kappa shape index (κ2) is 7.79. The zero-order valence-electron chi connectivity index (χ0n) is 14.7. The highest BCUT2D eigenvalue weighted by Gasteiger charge is 2.13. The molecular weight excluding hydrogens is 324 g/mol. The van der Waals surface area contributed by atoms with E-state index >= 15 is 0 Å². The summed E-state index contributed by atoms with van der Waals surface area (Å²) in [7, 11) is 6.98. The smallest absolute Gasteiger partial charge is 0.248 e. The predicted molar refractivity (Wildman–Crippen MR) is 99.1 cm³/mol. The minimum atomic E-state index is -0.733. The number of nitrogens with zero attached hydrogens (tertiary/aromatic N) is 2. The highest BCUT2D eigenvalue weighted by Crippen LogP contribution is 2.25. The van der Waals surface area contributed by atoms with Crippen molar-refractivity contribution < 1.29 is 13.6 Å². The number of anilines is 3. The zero-order chi connectivity index (χ0) is 18.6. The van der Waals surface area contributed by atoms with Crippen LogP contribution >= 0.6 is 0 Å². The van der Waals surface area contributed by atoms with Gasteiger partial charge in [-0.2, -0.15) is 0 Å². The highest BCUT2D eigenvalue weighted by atomic mass is 19.1. The molecule has 1 N–H and O–H groups in total. The first-order valence-electron chi connectivity index (χ1n) is 7.70. The van der Waals surface area contributed by atoms with Gasteiger partial charge in [0, 0.05) is 45.6 Å². The molecule has 0 aliphatic rings. The fraction of sp³-hybridized carbons (Fsp3) is 0.211. The Kier molecular flexibility index (Phi) is 5.75. The van der Waals surface area contributed by atoms with Crippen molar-refractivity contribution in [3.8, 4) is 0 Å². The number of carbonyl (C=O) groups is 1. The monoisotopic (exact) mass is 345 g/mol. The average molecular weight is 345 g/mol. The number of carbonyl (C=O) groups excluding carboxylic acids is 1. The number of hydrogen-bond donors (Lipinski definition) is 1. The van der Waals surface area contributed by atoms with Crippen molar-refractivity contribution in [1.29, 1.82) is 0 Å². The van der Waals surface area contributed by atoms with Crippen LogP contribution in [-0.2, 0) is 4.79 Å². The maximum atomic E-state index is 13.9. The maximum absolute atomic E-state index is 13.9. The van der Waals surface area contributed by atoms with Gasteiger partial charge in [0.05, 0.1) is 0 Å². The lowest BCUT2D eigenvalue weighted by atomic mass is 10.2. The van der Waals surface area contributed by atoms with Crippen LogP contribution in [-0.4, -0.2) is 34.1 Å². The molecule has 0 spiro atoms. The molecule has 0 aliphatic heterocycles. The van der Waals surface area contributed by atoms with Crippen LogP contribution in [0.5, 0.6) is 0 Å². The molecule has 2 aromatic carbocycles. The van der Waals surface area contributed by atoms with Crippen LogP contribution in [0.15, 0.2) is 42.5 Å². The number of rotatable bonds is 5. The quantitative estimate of drug-likeness (QED) is 0.839. The van der Waals surface area contributed by atoms with Gasteiger partial charge in [0.15, 0.2) is 11.6 Å². The van der Waals surface area contributed by atoms with Crippen LogP contribution < -0.4 is 15.1 Å². The molecule has 25 heavy (non-hydrogen) atoms. The van der Waals surface area contributed by atoms with Crippen molar-refractivity contribution >= 4 is 29.0 Å². The fourth-order valence-corrected chi connectivity index (χ4v) is 2.30. The van der Waals surface area contributed by atoms with E-state index in [0.29, 0.717) is 0 Å². The number of halogens is 2. The Morgan fingerprint density at radius 1 is 0.960 bits per heavy atom. The number of nitrogens with one attached hydrogen (secondary N) is 1. The molecule has 0 fully saturated rings. The Bertz CT molecular complexity index is 761. The minimum Gasteiger partial charge on any atom is -0.378 e. The lowest BCUT2D eigenvalue weighted by Crippen LogP contribution is -2.14. The molecule has 2 aromatic rings. The van der Waals surface area contributed by atoms with Crippen molar-refractivity contribution in [1.82, 2.24) is 0 Å². The van der Waals surface area contributed by atoms with Gasteiger partial charge < -0.3 is 15.1 Å². The normalized spacial score (nSPS) is 10.8. The molecule has 0 radical (unpaired) electrons. The Hall–Kier alpha value is -2.89. The minimum absolute atomic E-state index is 0.0678. The molecule has 0 unspecified atom stereocenters. The van der Waals surface area contributed by atoms with E-state index in [9.17, 15) is 13.6 Å². The largest absolute Gasteiger partial charge is 0.378 e. The van der Waals surface area contributed by atoms with E-state index in [2.05, 4.69) is 5.32 Å². The SMILES string of the molecule is CN(C)c1ccc(C=CC(=O)Nc2cc(F)c(N(C)C)c(F)c2)cc1. The first-order valence-corrected chi connectivity index (χ1v) is 7.70. The van der Waals surface area contributed by atoms with Crippen LogP contribution in [0.4, 0.5) is 25.8 Å². The Labute approximate surface area is 146 Å². The van der Waals surface area contributed by atoms with Crippen LogP contribution in [0.1, 0.15) is 5.56 Å². The van der Waals surface area contributed by atoms with Gasteiger partial charge in [0.1, 0.15) is 5.69 Å². The topological polar surface area (TPSA) is 35.6 Å². The van der Waals surface area contributed by atoms with Gasteiger partial charge in [0.2, 0.25) is 5.91 Å². The molecule has 0 heterocycles. The average Bonchev–Trinajstić information content (AvgIpc) is 2.52. The van der Waals surface area contributed by atoms with Crippen LogP contribution in [0, 0.1) is 11.6 Å². The molecule has 0 saturated carbocycles. The number of benzene rings is 2. The van der Waals surface area contributed by atoms with E-state index in [-0.39, 0.29) is 11.4 Å². The van der Waals surface area contributed by atoms with Gasteiger partial charge in [-0.25, -0.2) is 8.78 Å². The van der Waals surface area contributed by atoms with Gasteiger partial charge in [0.25, 0.3) is 0 Å². The highest BCUT2D eigenvalue weighted by molar-refractivity contribution is 6.02. The van der Waals surface area contributed by atoms with E-state index in [4.69, 9.17) is 0 Å².